The van der Waals surface area contributed by atoms with Crippen molar-refractivity contribution in [1.29, 1.82) is 0 Å². The van der Waals surface area contributed by atoms with E-state index in [4.69, 9.17) is 30.2 Å². The molecular weight excluding hydrogens is 420 g/mol. The van der Waals surface area contributed by atoms with Gasteiger partial charge in [0.2, 0.25) is 12.2 Å². The zero-order valence-electron chi connectivity index (χ0n) is 16.3. The molecule has 31 heavy (non-hydrogen) atoms. The van der Waals surface area contributed by atoms with E-state index in [1.807, 2.05) is 0 Å². The number of hydrogen-bond acceptors (Lipinski definition) is 6. The van der Waals surface area contributed by atoms with Crippen molar-refractivity contribution in [3.63, 3.8) is 0 Å². The van der Waals surface area contributed by atoms with Gasteiger partial charge >= 0.3 is 5.97 Å². The van der Waals surface area contributed by atoms with E-state index in [1.54, 1.807) is 61.5 Å². The number of esters is 1. The van der Waals surface area contributed by atoms with Crippen LogP contribution in [0.15, 0.2) is 69.9 Å². The minimum atomic E-state index is -0.561. The molecule has 1 aliphatic heterocycles. The van der Waals surface area contributed by atoms with E-state index in [0.717, 1.165) is 5.56 Å². The number of aryl methyl sites for hydroxylation is 1. The summed E-state index contributed by atoms with van der Waals surface area (Å²) in [7, 11) is 0. The van der Waals surface area contributed by atoms with Crippen LogP contribution in [0.5, 0.6) is 17.2 Å². The Kier molecular flexibility index (Phi) is 4.64. The highest BCUT2D eigenvalue weighted by molar-refractivity contribution is 6.30. The van der Waals surface area contributed by atoms with Crippen molar-refractivity contribution in [2.24, 2.45) is 0 Å². The maximum absolute atomic E-state index is 13.1. The van der Waals surface area contributed by atoms with Crippen molar-refractivity contribution >= 4 is 28.5 Å². The van der Waals surface area contributed by atoms with Crippen LogP contribution in [0.3, 0.4) is 0 Å². The number of hydrogen-bond donors (Lipinski definition) is 0. The molecule has 0 aliphatic carbocycles. The number of carbonyl (C=O) groups is 1. The van der Waals surface area contributed by atoms with Gasteiger partial charge in [0, 0.05) is 11.1 Å². The Bertz CT molecular complexity index is 1390. The second kappa shape index (κ2) is 7.49. The highest BCUT2D eigenvalue weighted by Crippen LogP contribution is 2.33. The lowest BCUT2D eigenvalue weighted by atomic mass is 10.0. The average Bonchev–Trinajstić information content (AvgIpc) is 3.23. The van der Waals surface area contributed by atoms with Gasteiger partial charge in [-0.1, -0.05) is 23.7 Å². The lowest BCUT2D eigenvalue weighted by Crippen LogP contribution is -2.10. The molecule has 3 aromatic carbocycles. The number of halogens is 1. The molecule has 0 unspecified atom stereocenters. The second-order valence-corrected chi connectivity index (χ2v) is 7.42. The summed E-state index contributed by atoms with van der Waals surface area (Å²) in [5.41, 5.74) is 1.66. The van der Waals surface area contributed by atoms with Gasteiger partial charge in [-0.25, -0.2) is 4.79 Å². The summed E-state index contributed by atoms with van der Waals surface area (Å²) in [6.45, 7) is 1.84. The van der Waals surface area contributed by atoms with Crippen LogP contribution < -0.4 is 19.6 Å². The van der Waals surface area contributed by atoms with Crippen LogP contribution in [-0.4, -0.2) is 12.8 Å². The summed E-state index contributed by atoms with van der Waals surface area (Å²) in [6, 6.07) is 16.5. The van der Waals surface area contributed by atoms with Crippen molar-refractivity contribution < 1.29 is 23.4 Å². The monoisotopic (exact) mass is 434 g/mol. The number of carbonyl (C=O) groups excluding carboxylic acids is 1. The van der Waals surface area contributed by atoms with Gasteiger partial charge in [-0.05, 0) is 55.0 Å². The fraction of sp³-hybridized carbons (Fsp3) is 0.0833. The molecule has 0 spiro atoms. The van der Waals surface area contributed by atoms with E-state index in [1.165, 1.54) is 6.07 Å². The standard InChI is InChI=1S/C24H15ClO6/c1-13-22(14-2-5-16(25)6-3-14)23(26)18-8-7-17(11-20(18)30-13)31-24(27)15-4-9-19-21(10-15)29-12-28-19/h2-11H,12H2,1H3. The summed E-state index contributed by atoms with van der Waals surface area (Å²) in [5.74, 6) is 1.23. The first-order chi connectivity index (χ1) is 15.0. The van der Waals surface area contributed by atoms with Crippen molar-refractivity contribution in [2.45, 2.75) is 6.92 Å². The third-order valence-corrected chi connectivity index (χ3v) is 5.24. The Hall–Kier alpha value is -3.77. The largest absolute Gasteiger partial charge is 0.460 e. The summed E-state index contributed by atoms with van der Waals surface area (Å²) in [5, 5.41) is 0.971. The highest BCUT2D eigenvalue weighted by Gasteiger charge is 2.19. The Morgan fingerprint density at radius 3 is 2.55 bits per heavy atom. The molecule has 1 aromatic heterocycles. The van der Waals surface area contributed by atoms with Crippen molar-refractivity contribution in [3.05, 3.63) is 87.2 Å². The molecule has 7 heteroatoms. The topological polar surface area (TPSA) is 75.0 Å². The molecule has 2 heterocycles. The molecular formula is C24H15ClO6. The van der Waals surface area contributed by atoms with Gasteiger partial charge in [-0.3, -0.25) is 4.79 Å². The minimum absolute atomic E-state index is 0.120. The first-order valence-corrected chi connectivity index (χ1v) is 9.82. The van der Waals surface area contributed by atoms with Gasteiger partial charge < -0.3 is 18.6 Å². The van der Waals surface area contributed by atoms with Crippen LogP contribution in [0.1, 0.15) is 16.1 Å². The highest BCUT2D eigenvalue weighted by atomic mass is 35.5. The van der Waals surface area contributed by atoms with Crippen LogP contribution in [0.25, 0.3) is 22.1 Å². The number of rotatable bonds is 3. The molecule has 0 saturated carbocycles. The molecule has 4 aromatic rings. The lowest BCUT2D eigenvalue weighted by molar-refractivity contribution is 0.0734. The smallest absolute Gasteiger partial charge is 0.343 e. The first kappa shape index (κ1) is 19.2. The average molecular weight is 435 g/mol. The predicted molar refractivity (Wildman–Crippen MR) is 115 cm³/mol. The van der Waals surface area contributed by atoms with Gasteiger partial charge in [0.25, 0.3) is 0 Å². The van der Waals surface area contributed by atoms with Gasteiger partial charge in [-0.2, -0.15) is 0 Å². The zero-order chi connectivity index (χ0) is 21.5. The van der Waals surface area contributed by atoms with E-state index in [0.29, 0.717) is 44.4 Å². The molecule has 6 nitrogen and oxygen atoms in total. The molecule has 0 N–H and O–H groups in total. The Morgan fingerprint density at radius 2 is 1.74 bits per heavy atom. The summed E-state index contributed by atoms with van der Waals surface area (Å²) < 4.78 is 21.9. The van der Waals surface area contributed by atoms with Gasteiger partial charge in [0.05, 0.1) is 16.5 Å². The Balaban J connectivity index is 1.48. The molecule has 5 rings (SSSR count). The normalized spacial score (nSPS) is 12.2. The van der Waals surface area contributed by atoms with Crippen molar-refractivity contribution in [3.8, 4) is 28.4 Å². The summed E-state index contributed by atoms with van der Waals surface area (Å²) in [6.07, 6.45) is 0. The van der Waals surface area contributed by atoms with E-state index < -0.39 is 5.97 Å². The predicted octanol–water partition coefficient (Wildman–Crippen LogP) is 5.37. The molecule has 0 amide bonds. The van der Waals surface area contributed by atoms with Crippen LogP contribution in [0.2, 0.25) is 5.02 Å². The van der Waals surface area contributed by atoms with Crippen molar-refractivity contribution in [1.82, 2.24) is 0 Å². The van der Waals surface area contributed by atoms with Crippen LogP contribution >= 0.6 is 11.6 Å². The third-order valence-electron chi connectivity index (χ3n) is 4.99. The maximum atomic E-state index is 13.1. The van der Waals surface area contributed by atoms with Gasteiger partial charge in [0.1, 0.15) is 17.1 Å². The SMILES string of the molecule is Cc1oc2cc(OC(=O)c3ccc4c(c3)OCO4)ccc2c(=O)c1-c1ccc(Cl)cc1. The molecule has 0 radical (unpaired) electrons. The molecule has 0 saturated heterocycles. The summed E-state index contributed by atoms with van der Waals surface area (Å²) >= 11 is 5.95. The second-order valence-electron chi connectivity index (χ2n) is 6.98. The molecule has 1 aliphatic rings. The van der Waals surface area contributed by atoms with E-state index in [9.17, 15) is 9.59 Å². The fourth-order valence-corrected chi connectivity index (χ4v) is 3.62. The van der Waals surface area contributed by atoms with E-state index >= 15 is 0 Å². The lowest BCUT2D eigenvalue weighted by Gasteiger charge is -2.09. The zero-order valence-corrected chi connectivity index (χ0v) is 17.1. The maximum Gasteiger partial charge on any atom is 0.343 e. The fourth-order valence-electron chi connectivity index (χ4n) is 3.49. The van der Waals surface area contributed by atoms with Crippen LogP contribution in [0, 0.1) is 6.92 Å². The Labute approximate surface area is 181 Å². The van der Waals surface area contributed by atoms with Crippen molar-refractivity contribution in [2.75, 3.05) is 6.79 Å². The van der Waals surface area contributed by atoms with Gasteiger partial charge in [-0.15, -0.1) is 0 Å². The first-order valence-electron chi connectivity index (χ1n) is 9.45. The summed E-state index contributed by atoms with van der Waals surface area (Å²) in [4.78, 5) is 25.6. The number of fused-ring (bicyclic) bond motifs is 2. The molecule has 154 valence electrons. The van der Waals surface area contributed by atoms with Crippen LogP contribution in [0.4, 0.5) is 0 Å². The Morgan fingerprint density at radius 1 is 0.968 bits per heavy atom. The quantitative estimate of drug-likeness (QED) is 0.319. The third kappa shape index (κ3) is 3.51. The number of ether oxygens (including phenoxy) is 3. The molecule has 0 fully saturated rings. The van der Waals surface area contributed by atoms with E-state index in [-0.39, 0.29) is 18.0 Å². The number of benzene rings is 3. The van der Waals surface area contributed by atoms with Crippen LogP contribution in [-0.2, 0) is 0 Å². The molecule has 0 bridgehead atoms. The van der Waals surface area contributed by atoms with E-state index in [2.05, 4.69) is 0 Å². The minimum Gasteiger partial charge on any atom is -0.460 e. The molecule has 0 atom stereocenters. The van der Waals surface area contributed by atoms with Gasteiger partial charge in [0.15, 0.2) is 11.5 Å².